The number of Topliss-reactive ketones (excluding diaryl/α,β-unsaturated/α-hetero) is 1. The summed E-state index contributed by atoms with van der Waals surface area (Å²) in [7, 11) is 0. The number of aryl methyl sites for hydroxylation is 1. The molecule has 0 aliphatic heterocycles. The SMILES string of the molecule is C=CC(=O)Nc1ccc(CCCC(=O)C(C)(C)C)cc1. The van der Waals surface area contributed by atoms with Crippen LogP contribution in [0.1, 0.15) is 39.2 Å². The standard InChI is InChI=1S/C17H23NO2/c1-5-16(20)18-14-11-9-13(10-12-14)7-6-8-15(19)17(2,3)4/h5,9-12H,1,6-8H2,2-4H3,(H,18,20). The van der Waals surface area contributed by atoms with Crippen LogP contribution in [0.25, 0.3) is 0 Å². The van der Waals surface area contributed by atoms with Gasteiger partial charge in [-0.15, -0.1) is 0 Å². The van der Waals surface area contributed by atoms with Crippen LogP contribution < -0.4 is 5.32 Å². The molecule has 0 saturated carbocycles. The second-order valence-corrected chi connectivity index (χ2v) is 5.92. The minimum absolute atomic E-state index is 0.214. The van der Waals surface area contributed by atoms with Crippen molar-refractivity contribution in [3.05, 3.63) is 42.5 Å². The van der Waals surface area contributed by atoms with Crippen molar-refractivity contribution in [2.24, 2.45) is 5.41 Å². The summed E-state index contributed by atoms with van der Waals surface area (Å²) < 4.78 is 0. The zero-order chi connectivity index (χ0) is 15.2. The number of benzene rings is 1. The van der Waals surface area contributed by atoms with E-state index in [4.69, 9.17) is 0 Å². The van der Waals surface area contributed by atoms with E-state index in [9.17, 15) is 9.59 Å². The third-order valence-corrected chi connectivity index (χ3v) is 3.11. The number of amides is 1. The highest BCUT2D eigenvalue weighted by atomic mass is 16.1. The number of anilines is 1. The van der Waals surface area contributed by atoms with Gasteiger partial charge in [0, 0.05) is 17.5 Å². The van der Waals surface area contributed by atoms with Gasteiger partial charge < -0.3 is 5.32 Å². The Bertz CT molecular complexity index is 481. The first kappa shape index (κ1) is 16.2. The zero-order valence-electron chi connectivity index (χ0n) is 12.5. The van der Waals surface area contributed by atoms with E-state index in [1.807, 2.05) is 45.0 Å². The van der Waals surface area contributed by atoms with Crippen molar-refractivity contribution in [2.75, 3.05) is 5.32 Å². The predicted octanol–water partition coefficient (Wildman–Crippen LogP) is 3.75. The summed E-state index contributed by atoms with van der Waals surface area (Å²) in [6.07, 6.45) is 3.58. The second-order valence-electron chi connectivity index (χ2n) is 5.92. The maximum Gasteiger partial charge on any atom is 0.247 e. The van der Waals surface area contributed by atoms with Crippen LogP contribution in [-0.2, 0) is 16.0 Å². The molecule has 0 saturated heterocycles. The zero-order valence-corrected chi connectivity index (χ0v) is 12.5. The van der Waals surface area contributed by atoms with Crippen molar-refractivity contribution >= 4 is 17.4 Å². The van der Waals surface area contributed by atoms with Crippen molar-refractivity contribution in [2.45, 2.75) is 40.0 Å². The number of carbonyl (C=O) groups is 2. The van der Waals surface area contributed by atoms with Crippen LogP contribution in [0.3, 0.4) is 0 Å². The highest BCUT2D eigenvalue weighted by Gasteiger charge is 2.19. The Labute approximate surface area is 121 Å². The molecule has 20 heavy (non-hydrogen) atoms. The lowest BCUT2D eigenvalue weighted by Gasteiger charge is -2.16. The molecule has 0 radical (unpaired) electrons. The summed E-state index contributed by atoms with van der Waals surface area (Å²) in [6.45, 7) is 9.26. The van der Waals surface area contributed by atoms with Crippen molar-refractivity contribution in [1.29, 1.82) is 0 Å². The quantitative estimate of drug-likeness (QED) is 0.802. The molecule has 0 bridgehead atoms. The van der Waals surface area contributed by atoms with Crippen LogP contribution in [0.5, 0.6) is 0 Å². The lowest BCUT2D eigenvalue weighted by atomic mass is 9.87. The van der Waals surface area contributed by atoms with Gasteiger partial charge in [-0.1, -0.05) is 39.5 Å². The van der Waals surface area contributed by atoms with Crippen LogP contribution in [-0.4, -0.2) is 11.7 Å². The molecule has 0 aliphatic carbocycles. The second kappa shape index (κ2) is 7.04. The van der Waals surface area contributed by atoms with Gasteiger partial charge in [-0.3, -0.25) is 9.59 Å². The first-order valence-corrected chi connectivity index (χ1v) is 6.88. The van der Waals surface area contributed by atoms with Crippen LogP contribution in [0, 0.1) is 5.41 Å². The Balaban J connectivity index is 2.44. The fraction of sp³-hybridized carbons (Fsp3) is 0.412. The molecule has 1 N–H and O–H groups in total. The molecule has 1 amide bonds. The van der Waals surface area contributed by atoms with Gasteiger partial charge in [0.2, 0.25) is 5.91 Å². The summed E-state index contributed by atoms with van der Waals surface area (Å²) >= 11 is 0. The first-order valence-electron chi connectivity index (χ1n) is 6.88. The molecule has 108 valence electrons. The number of ketones is 1. The summed E-state index contributed by atoms with van der Waals surface area (Å²) in [5.74, 6) is 0.0842. The average molecular weight is 273 g/mol. The molecule has 0 heterocycles. The molecule has 1 aromatic rings. The summed E-state index contributed by atoms with van der Waals surface area (Å²) in [4.78, 5) is 22.9. The normalized spacial score (nSPS) is 10.9. The molecule has 3 heteroatoms. The lowest BCUT2D eigenvalue weighted by Crippen LogP contribution is -2.19. The number of rotatable bonds is 6. The molecule has 1 rings (SSSR count). The van der Waals surface area contributed by atoms with Crippen molar-refractivity contribution in [3.8, 4) is 0 Å². The van der Waals surface area contributed by atoms with Gasteiger partial charge in [0.05, 0.1) is 0 Å². The fourth-order valence-corrected chi connectivity index (χ4v) is 1.78. The smallest absolute Gasteiger partial charge is 0.247 e. The summed E-state index contributed by atoms with van der Waals surface area (Å²) in [5.41, 5.74) is 1.67. The monoisotopic (exact) mass is 273 g/mol. The topological polar surface area (TPSA) is 46.2 Å². The summed E-state index contributed by atoms with van der Waals surface area (Å²) in [6, 6.07) is 7.67. The van der Waals surface area contributed by atoms with Gasteiger partial charge in [0.15, 0.2) is 0 Å². The molecule has 0 unspecified atom stereocenters. The van der Waals surface area contributed by atoms with E-state index in [-0.39, 0.29) is 11.3 Å². The van der Waals surface area contributed by atoms with Gasteiger partial charge in [-0.25, -0.2) is 0 Å². The van der Waals surface area contributed by atoms with Gasteiger partial charge in [0.25, 0.3) is 0 Å². The third-order valence-electron chi connectivity index (χ3n) is 3.11. The van der Waals surface area contributed by atoms with E-state index >= 15 is 0 Å². The van der Waals surface area contributed by atoms with E-state index in [1.165, 1.54) is 11.6 Å². The van der Waals surface area contributed by atoms with E-state index < -0.39 is 0 Å². The van der Waals surface area contributed by atoms with Crippen molar-refractivity contribution in [1.82, 2.24) is 0 Å². The molecule has 3 nitrogen and oxygen atoms in total. The molecule has 0 spiro atoms. The maximum absolute atomic E-state index is 11.8. The maximum atomic E-state index is 11.8. The number of carbonyl (C=O) groups excluding carboxylic acids is 2. The molecule has 0 aromatic heterocycles. The first-order chi connectivity index (χ1) is 9.32. The summed E-state index contributed by atoms with van der Waals surface area (Å²) in [5, 5.41) is 2.70. The van der Waals surface area contributed by atoms with E-state index in [0.29, 0.717) is 12.2 Å². The van der Waals surface area contributed by atoms with Crippen LogP contribution in [0.4, 0.5) is 5.69 Å². The largest absolute Gasteiger partial charge is 0.323 e. The Morgan fingerprint density at radius 3 is 2.30 bits per heavy atom. The van der Waals surface area contributed by atoms with Crippen molar-refractivity contribution in [3.63, 3.8) is 0 Å². The number of hydrogen-bond acceptors (Lipinski definition) is 2. The van der Waals surface area contributed by atoms with Gasteiger partial charge in [0.1, 0.15) is 5.78 Å². The fourth-order valence-electron chi connectivity index (χ4n) is 1.78. The van der Waals surface area contributed by atoms with Crippen LogP contribution in [0.15, 0.2) is 36.9 Å². The number of hydrogen-bond donors (Lipinski definition) is 1. The number of nitrogens with one attached hydrogen (secondary N) is 1. The predicted molar refractivity (Wildman–Crippen MR) is 82.7 cm³/mol. The minimum Gasteiger partial charge on any atom is -0.323 e. The van der Waals surface area contributed by atoms with Crippen molar-refractivity contribution < 1.29 is 9.59 Å². The molecule has 0 aliphatic rings. The minimum atomic E-state index is -0.251. The molecule has 0 atom stereocenters. The van der Waals surface area contributed by atoms with E-state index in [0.717, 1.165) is 18.5 Å². The van der Waals surface area contributed by atoms with Gasteiger partial charge in [-0.2, -0.15) is 0 Å². The van der Waals surface area contributed by atoms with Crippen LogP contribution >= 0.6 is 0 Å². The Morgan fingerprint density at radius 2 is 1.80 bits per heavy atom. The third kappa shape index (κ3) is 5.39. The Hall–Kier alpha value is -1.90. The molecule has 0 fully saturated rings. The Morgan fingerprint density at radius 1 is 1.20 bits per heavy atom. The highest BCUT2D eigenvalue weighted by Crippen LogP contribution is 2.19. The van der Waals surface area contributed by atoms with Gasteiger partial charge >= 0.3 is 0 Å². The molecular weight excluding hydrogens is 250 g/mol. The molecular formula is C17H23NO2. The van der Waals surface area contributed by atoms with Gasteiger partial charge in [-0.05, 0) is 36.6 Å². The van der Waals surface area contributed by atoms with Crippen LogP contribution in [0.2, 0.25) is 0 Å². The Kier molecular flexibility index (Phi) is 5.68. The van der Waals surface area contributed by atoms with E-state index in [1.54, 1.807) is 0 Å². The lowest BCUT2D eigenvalue weighted by molar-refractivity contribution is -0.126. The average Bonchev–Trinajstić information content (AvgIpc) is 2.39. The molecule has 1 aromatic carbocycles. The highest BCUT2D eigenvalue weighted by molar-refractivity contribution is 5.98. The van der Waals surface area contributed by atoms with E-state index in [2.05, 4.69) is 11.9 Å².